The first-order valence-corrected chi connectivity index (χ1v) is 17.6. The first-order chi connectivity index (χ1) is 22.4. The topological polar surface area (TPSA) is 125 Å². The molecule has 2 amide bonds. The van der Waals surface area contributed by atoms with E-state index in [0.717, 1.165) is 18.4 Å². The molecule has 0 unspecified atom stereocenters. The van der Waals surface area contributed by atoms with Crippen LogP contribution in [0.15, 0.2) is 77.7 Å². The van der Waals surface area contributed by atoms with Crippen molar-refractivity contribution in [3.8, 4) is 5.75 Å². The summed E-state index contributed by atoms with van der Waals surface area (Å²) in [7, 11) is -2.25. The quantitative estimate of drug-likeness (QED) is 0.332. The Morgan fingerprint density at radius 1 is 1.06 bits per heavy atom. The summed E-state index contributed by atoms with van der Waals surface area (Å²) in [6.07, 6.45) is 1.52. The van der Waals surface area contributed by atoms with Gasteiger partial charge < -0.3 is 24.8 Å². The number of nitrogens with zero attached hydrogens (tertiary/aromatic N) is 2. The number of sulfonamides is 1. The second kappa shape index (κ2) is 16.4. The van der Waals surface area contributed by atoms with Crippen LogP contribution in [0, 0.1) is 12.8 Å². The number of nitrogens with one attached hydrogen (secondary N) is 1. The van der Waals surface area contributed by atoms with Crippen molar-refractivity contribution in [2.24, 2.45) is 5.92 Å². The molecule has 3 aromatic rings. The van der Waals surface area contributed by atoms with Crippen molar-refractivity contribution in [3.63, 3.8) is 0 Å². The highest BCUT2D eigenvalue weighted by molar-refractivity contribution is 7.89. The van der Waals surface area contributed by atoms with Gasteiger partial charge in [0.1, 0.15) is 5.75 Å². The predicted octanol–water partition coefficient (Wildman–Crippen LogP) is 5.36. The number of fused-ring (bicyclic) bond motifs is 1. The molecule has 0 bridgehead atoms. The molecule has 2 N–H and O–H groups in total. The Hall–Kier alpha value is -3.77. The summed E-state index contributed by atoms with van der Waals surface area (Å²) >= 11 is 0. The van der Waals surface area contributed by atoms with Gasteiger partial charge in [0.15, 0.2) is 0 Å². The molecular weight excluding hydrogens is 618 g/mol. The van der Waals surface area contributed by atoms with Gasteiger partial charge in [0.2, 0.25) is 10.0 Å². The summed E-state index contributed by atoms with van der Waals surface area (Å²) in [6, 6.07) is 20.0. The van der Waals surface area contributed by atoms with Crippen molar-refractivity contribution in [3.05, 3.63) is 89.5 Å². The largest absolute Gasteiger partial charge is 0.490 e. The van der Waals surface area contributed by atoms with Gasteiger partial charge in [-0.25, -0.2) is 8.42 Å². The highest BCUT2D eigenvalue weighted by Crippen LogP contribution is 2.29. The summed E-state index contributed by atoms with van der Waals surface area (Å²) in [5, 5.41) is 13.1. The second-order valence-electron chi connectivity index (χ2n) is 12.4. The van der Waals surface area contributed by atoms with Crippen molar-refractivity contribution in [1.29, 1.82) is 0 Å². The number of carbonyl (C=O) groups excluding carboxylic acids is 2. The zero-order chi connectivity index (χ0) is 34.1. The lowest BCUT2D eigenvalue weighted by Gasteiger charge is -2.35. The van der Waals surface area contributed by atoms with E-state index in [2.05, 4.69) is 5.32 Å². The average Bonchev–Trinajstić information content (AvgIpc) is 3.06. The molecule has 1 aliphatic heterocycles. The fraction of sp³-hybridized carbons (Fsp3) is 0.444. The Morgan fingerprint density at radius 3 is 2.45 bits per heavy atom. The van der Waals surface area contributed by atoms with Crippen molar-refractivity contribution >= 4 is 27.5 Å². The highest BCUT2D eigenvalue weighted by atomic mass is 32.2. The number of hydrogen-bond donors (Lipinski definition) is 2. The van der Waals surface area contributed by atoms with E-state index in [0.29, 0.717) is 30.0 Å². The molecule has 4 atom stereocenters. The van der Waals surface area contributed by atoms with E-state index in [1.165, 1.54) is 11.4 Å². The monoisotopic (exact) mass is 665 g/mol. The van der Waals surface area contributed by atoms with Gasteiger partial charge in [-0.2, -0.15) is 4.31 Å². The minimum Gasteiger partial charge on any atom is -0.490 e. The van der Waals surface area contributed by atoms with Crippen LogP contribution >= 0.6 is 0 Å². The number of aliphatic hydroxyl groups excluding tert-OH is 1. The summed E-state index contributed by atoms with van der Waals surface area (Å²) in [6.45, 7) is 7.91. The van der Waals surface area contributed by atoms with Crippen molar-refractivity contribution in [2.45, 2.75) is 70.1 Å². The second-order valence-corrected chi connectivity index (χ2v) is 14.5. The number of hydrogen-bond acceptors (Lipinski definition) is 7. The van der Waals surface area contributed by atoms with Crippen molar-refractivity contribution in [2.75, 3.05) is 38.7 Å². The number of amides is 2. The molecular formula is C36H47N3O7S. The van der Waals surface area contributed by atoms with Crippen LogP contribution in [0.5, 0.6) is 5.75 Å². The third-order valence-electron chi connectivity index (χ3n) is 8.51. The summed E-state index contributed by atoms with van der Waals surface area (Å²) in [4.78, 5) is 29.0. The van der Waals surface area contributed by atoms with Crippen LogP contribution in [0.25, 0.3) is 0 Å². The number of aryl methyl sites for hydroxylation is 1. The molecule has 4 rings (SSSR count). The third-order valence-corrected chi connectivity index (χ3v) is 10.3. The van der Waals surface area contributed by atoms with E-state index in [9.17, 15) is 23.1 Å². The maximum absolute atomic E-state index is 14.3. The SMILES string of the molecule is Cc1ccc(S(=O)(=O)N(C)C[C@@H]2OCCCC[C@H](C)Oc3ccc(NC(=O)c4ccccc4)cc3C(=O)N([C@@H](C)CO)C[C@H]2C)cc1. The number of aliphatic hydroxyl groups is 1. The smallest absolute Gasteiger partial charge is 0.258 e. The molecule has 0 spiro atoms. The van der Waals surface area contributed by atoms with E-state index in [4.69, 9.17) is 9.47 Å². The Kier molecular flexibility index (Phi) is 12.6. The number of carbonyl (C=O) groups is 2. The molecule has 0 saturated carbocycles. The van der Waals surface area contributed by atoms with E-state index in [-0.39, 0.29) is 54.0 Å². The molecule has 0 saturated heterocycles. The van der Waals surface area contributed by atoms with Gasteiger partial charge in [0.05, 0.1) is 35.3 Å². The van der Waals surface area contributed by atoms with Crippen LogP contribution in [0.4, 0.5) is 5.69 Å². The van der Waals surface area contributed by atoms with Crippen LogP contribution in [0.2, 0.25) is 0 Å². The first-order valence-electron chi connectivity index (χ1n) is 16.1. The Labute approximate surface area is 278 Å². The fourth-order valence-electron chi connectivity index (χ4n) is 5.50. The lowest BCUT2D eigenvalue weighted by atomic mass is 10.0. The van der Waals surface area contributed by atoms with E-state index in [1.807, 2.05) is 26.8 Å². The lowest BCUT2D eigenvalue weighted by Crippen LogP contribution is -2.48. The minimum atomic E-state index is -3.79. The predicted molar refractivity (Wildman–Crippen MR) is 182 cm³/mol. The molecule has 3 aromatic carbocycles. The van der Waals surface area contributed by atoms with E-state index >= 15 is 0 Å². The van der Waals surface area contributed by atoms with Crippen molar-refractivity contribution < 1.29 is 32.6 Å². The molecule has 0 aromatic heterocycles. The number of likely N-dealkylation sites (N-methyl/N-ethyl adjacent to an activating group) is 1. The molecule has 11 heteroatoms. The van der Waals surface area contributed by atoms with Crippen molar-refractivity contribution in [1.82, 2.24) is 9.21 Å². The molecule has 1 aliphatic rings. The zero-order valence-electron chi connectivity index (χ0n) is 27.9. The normalized spacial score (nSPS) is 20.5. The van der Waals surface area contributed by atoms with Crippen LogP contribution in [-0.2, 0) is 14.8 Å². The standard InChI is InChI=1S/C36H47N3O7S/c1-25-14-17-31(18-15-25)47(43,44)38(5)23-34-26(2)22-39(27(3)24-40)36(42)32-21-30(37-35(41)29-12-7-6-8-13-29)16-19-33(32)46-28(4)11-9-10-20-45-34/h6-8,12-19,21,26-28,34,40H,9-11,20,22-24H2,1-5H3,(H,37,41)/t26-,27+,28+,34+/m1/s1. The number of anilines is 1. The molecule has 10 nitrogen and oxygen atoms in total. The van der Waals surface area contributed by atoms with E-state index < -0.39 is 22.2 Å². The summed E-state index contributed by atoms with van der Waals surface area (Å²) in [5.41, 5.74) is 2.12. The van der Waals surface area contributed by atoms with Gasteiger partial charge in [-0.3, -0.25) is 9.59 Å². The molecule has 254 valence electrons. The summed E-state index contributed by atoms with van der Waals surface area (Å²) in [5.74, 6) is -0.618. The number of rotatable bonds is 8. The van der Waals surface area contributed by atoms with Crippen LogP contribution in [-0.4, -0.2) is 86.1 Å². The van der Waals surface area contributed by atoms with Gasteiger partial charge in [-0.05, 0) is 82.5 Å². The molecule has 0 aliphatic carbocycles. The molecule has 1 heterocycles. The van der Waals surface area contributed by atoms with Gasteiger partial charge in [0.25, 0.3) is 11.8 Å². The molecule has 0 radical (unpaired) electrons. The maximum atomic E-state index is 14.3. The maximum Gasteiger partial charge on any atom is 0.258 e. The molecule has 0 fully saturated rings. The highest BCUT2D eigenvalue weighted by Gasteiger charge is 2.32. The Balaban J connectivity index is 1.65. The Morgan fingerprint density at radius 2 is 1.77 bits per heavy atom. The van der Waals surface area contributed by atoms with Gasteiger partial charge in [0, 0.05) is 43.9 Å². The minimum absolute atomic E-state index is 0.0820. The van der Waals surface area contributed by atoms with Crippen LogP contribution < -0.4 is 10.1 Å². The van der Waals surface area contributed by atoms with Gasteiger partial charge in [-0.15, -0.1) is 0 Å². The Bertz CT molecular complexity index is 1600. The average molecular weight is 666 g/mol. The van der Waals surface area contributed by atoms with E-state index in [1.54, 1.807) is 78.6 Å². The lowest BCUT2D eigenvalue weighted by molar-refractivity contribution is -0.00834. The zero-order valence-corrected chi connectivity index (χ0v) is 28.7. The van der Waals surface area contributed by atoms with Gasteiger partial charge >= 0.3 is 0 Å². The van der Waals surface area contributed by atoms with Gasteiger partial charge in [-0.1, -0.05) is 42.8 Å². The summed E-state index contributed by atoms with van der Waals surface area (Å²) < 4.78 is 40.8. The molecule has 47 heavy (non-hydrogen) atoms. The first kappa shape index (κ1) is 36.1. The number of ether oxygens (including phenoxy) is 2. The van der Waals surface area contributed by atoms with Crippen LogP contribution in [0.3, 0.4) is 0 Å². The van der Waals surface area contributed by atoms with Crippen LogP contribution in [0.1, 0.15) is 66.3 Å². The number of benzene rings is 3. The fourth-order valence-corrected chi connectivity index (χ4v) is 6.68. The third kappa shape index (κ3) is 9.41.